The van der Waals surface area contributed by atoms with Gasteiger partial charge in [-0.25, -0.2) is 0 Å². The molecule has 0 aromatic heterocycles. The molecule has 0 amide bonds. The molecule has 0 radical (unpaired) electrons. The fourth-order valence-electron chi connectivity index (χ4n) is 1.17. The first-order valence-electron chi connectivity index (χ1n) is 5.87. The van der Waals surface area contributed by atoms with Crippen LogP contribution in [-0.4, -0.2) is 64.3 Å². The zero-order chi connectivity index (χ0) is 12.9. The summed E-state index contributed by atoms with van der Waals surface area (Å²) in [6, 6.07) is 0. The highest BCUT2D eigenvalue weighted by Gasteiger charge is 1.98. The Morgan fingerprint density at radius 3 is 2.67 bits per heavy atom. The molecule has 0 aromatic rings. The topological polar surface area (TPSA) is 48.9 Å². The van der Waals surface area contributed by atoms with Gasteiger partial charge in [0.25, 0.3) is 0 Å². The number of nitrogens with zero attached hydrogens (tertiary/aromatic N) is 2. The van der Waals surface area contributed by atoms with E-state index in [0.29, 0.717) is 6.54 Å². The molecule has 0 saturated heterocycles. The van der Waals surface area contributed by atoms with Gasteiger partial charge in [0.15, 0.2) is 5.96 Å². The average molecular weight is 368 g/mol. The molecule has 0 heterocycles. The third-order valence-corrected chi connectivity index (χ3v) is 2.13. The Balaban J connectivity index is 0. The second-order valence-electron chi connectivity index (χ2n) is 3.61. The van der Waals surface area contributed by atoms with Gasteiger partial charge in [-0.2, -0.15) is 0 Å². The first-order valence-corrected chi connectivity index (χ1v) is 5.87. The van der Waals surface area contributed by atoms with Gasteiger partial charge in [0.05, 0.1) is 19.7 Å². The van der Waals surface area contributed by atoms with Crippen molar-refractivity contribution in [1.82, 2.24) is 15.5 Å². The van der Waals surface area contributed by atoms with Crippen LogP contribution in [-0.2, 0) is 4.74 Å². The van der Waals surface area contributed by atoms with Crippen LogP contribution in [0.4, 0.5) is 0 Å². The lowest BCUT2D eigenvalue weighted by atomic mass is 10.5. The summed E-state index contributed by atoms with van der Waals surface area (Å²) in [5, 5.41) is 6.18. The van der Waals surface area contributed by atoms with E-state index in [1.165, 1.54) is 0 Å². The van der Waals surface area contributed by atoms with Gasteiger partial charge >= 0.3 is 0 Å². The molecule has 0 fully saturated rings. The number of terminal acetylenes is 1. The predicted octanol–water partition coefficient (Wildman–Crippen LogP) is 0.371. The van der Waals surface area contributed by atoms with Crippen molar-refractivity contribution in [3.8, 4) is 12.3 Å². The Hall–Kier alpha value is -0.520. The van der Waals surface area contributed by atoms with E-state index >= 15 is 0 Å². The molecule has 0 aliphatic carbocycles. The summed E-state index contributed by atoms with van der Waals surface area (Å²) in [5.41, 5.74) is 0. The van der Waals surface area contributed by atoms with E-state index in [1.807, 2.05) is 6.92 Å². The number of likely N-dealkylation sites (N-methyl/N-ethyl adjacent to an activating group) is 1. The molecule has 18 heavy (non-hydrogen) atoms. The number of halogens is 1. The molecule has 0 unspecified atom stereocenters. The van der Waals surface area contributed by atoms with E-state index in [2.05, 4.69) is 33.5 Å². The average Bonchev–Trinajstić information content (AvgIpc) is 2.33. The van der Waals surface area contributed by atoms with Crippen LogP contribution in [0.1, 0.15) is 6.92 Å². The van der Waals surface area contributed by atoms with Crippen molar-refractivity contribution in [3.05, 3.63) is 0 Å². The lowest BCUT2D eigenvalue weighted by Gasteiger charge is -2.15. The van der Waals surface area contributed by atoms with Crippen molar-refractivity contribution in [2.45, 2.75) is 6.92 Å². The second-order valence-corrected chi connectivity index (χ2v) is 3.61. The first kappa shape index (κ1) is 19.8. The largest absolute Gasteiger partial charge is 0.383 e. The van der Waals surface area contributed by atoms with E-state index in [1.54, 1.807) is 7.11 Å². The van der Waals surface area contributed by atoms with Crippen LogP contribution in [0.5, 0.6) is 0 Å². The van der Waals surface area contributed by atoms with E-state index in [9.17, 15) is 0 Å². The zero-order valence-electron chi connectivity index (χ0n) is 11.5. The smallest absolute Gasteiger partial charge is 0.192 e. The Morgan fingerprint density at radius 2 is 2.11 bits per heavy atom. The summed E-state index contributed by atoms with van der Waals surface area (Å²) in [5.74, 6) is 3.29. The van der Waals surface area contributed by atoms with E-state index in [4.69, 9.17) is 11.2 Å². The van der Waals surface area contributed by atoms with Gasteiger partial charge in [-0.05, 0) is 14.0 Å². The number of nitrogens with one attached hydrogen (secondary N) is 2. The number of methoxy groups -OCH3 is 1. The predicted molar refractivity (Wildman–Crippen MR) is 87.6 cm³/mol. The van der Waals surface area contributed by atoms with Crippen LogP contribution in [0.2, 0.25) is 0 Å². The third-order valence-electron chi connectivity index (χ3n) is 2.13. The SMILES string of the molecule is C#CCNC(=NCCN(C)CCOC)NCC.I. The minimum absolute atomic E-state index is 0. The summed E-state index contributed by atoms with van der Waals surface area (Å²) in [4.78, 5) is 6.59. The van der Waals surface area contributed by atoms with Crippen LogP contribution < -0.4 is 10.6 Å². The molecular formula is C12H25IN4O. The molecule has 6 heteroatoms. The van der Waals surface area contributed by atoms with Gasteiger partial charge in [-0.1, -0.05) is 5.92 Å². The number of guanidine groups is 1. The summed E-state index contributed by atoms with van der Waals surface area (Å²) < 4.78 is 5.01. The Kier molecular flexibility index (Phi) is 16.0. The molecule has 106 valence electrons. The molecule has 0 aromatic carbocycles. The monoisotopic (exact) mass is 368 g/mol. The molecule has 0 atom stereocenters. The molecule has 0 aliphatic heterocycles. The maximum absolute atomic E-state index is 5.19. The molecule has 0 spiro atoms. The Bertz CT molecular complexity index is 253. The van der Waals surface area contributed by atoms with E-state index in [0.717, 1.165) is 38.7 Å². The van der Waals surface area contributed by atoms with Gasteiger partial charge in [0.2, 0.25) is 0 Å². The van der Waals surface area contributed by atoms with Crippen LogP contribution in [0.25, 0.3) is 0 Å². The molecule has 0 saturated carbocycles. The van der Waals surface area contributed by atoms with Crippen molar-refractivity contribution in [3.63, 3.8) is 0 Å². The number of hydrogen-bond donors (Lipinski definition) is 2. The number of rotatable bonds is 8. The highest BCUT2D eigenvalue weighted by atomic mass is 127. The van der Waals surface area contributed by atoms with Crippen molar-refractivity contribution in [2.75, 3.05) is 53.5 Å². The number of ether oxygens (including phenoxy) is 1. The minimum atomic E-state index is 0. The van der Waals surface area contributed by atoms with Crippen molar-refractivity contribution >= 4 is 29.9 Å². The highest BCUT2D eigenvalue weighted by Crippen LogP contribution is 1.83. The third kappa shape index (κ3) is 12.0. The first-order chi connectivity index (χ1) is 8.24. The molecule has 0 bridgehead atoms. The lowest BCUT2D eigenvalue weighted by Crippen LogP contribution is -2.38. The van der Waals surface area contributed by atoms with Gasteiger partial charge in [-0.15, -0.1) is 30.4 Å². The summed E-state index contributed by atoms with van der Waals surface area (Å²) in [6.07, 6.45) is 5.19. The Morgan fingerprint density at radius 1 is 1.39 bits per heavy atom. The molecule has 5 nitrogen and oxygen atoms in total. The van der Waals surface area contributed by atoms with E-state index in [-0.39, 0.29) is 24.0 Å². The van der Waals surface area contributed by atoms with Gasteiger partial charge in [-0.3, -0.25) is 4.99 Å². The van der Waals surface area contributed by atoms with Crippen LogP contribution in [0.15, 0.2) is 4.99 Å². The van der Waals surface area contributed by atoms with Gasteiger partial charge in [0, 0.05) is 26.7 Å². The fourth-order valence-corrected chi connectivity index (χ4v) is 1.17. The summed E-state index contributed by atoms with van der Waals surface area (Å²) in [7, 11) is 3.76. The highest BCUT2D eigenvalue weighted by molar-refractivity contribution is 14.0. The maximum Gasteiger partial charge on any atom is 0.192 e. The molecule has 0 rings (SSSR count). The van der Waals surface area contributed by atoms with Gasteiger partial charge in [0.1, 0.15) is 0 Å². The molecule has 2 N–H and O–H groups in total. The van der Waals surface area contributed by atoms with Crippen LogP contribution in [0.3, 0.4) is 0 Å². The normalized spacial score (nSPS) is 10.7. The van der Waals surface area contributed by atoms with Gasteiger partial charge < -0.3 is 20.3 Å². The lowest BCUT2D eigenvalue weighted by molar-refractivity contribution is 0.163. The summed E-state index contributed by atoms with van der Waals surface area (Å²) in [6.45, 7) is 6.64. The number of aliphatic imine (C=N–C) groups is 1. The second kappa shape index (κ2) is 14.5. The van der Waals surface area contributed by atoms with Crippen molar-refractivity contribution in [2.24, 2.45) is 4.99 Å². The van der Waals surface area contributed by atoms with Crippen LogP contribution in [0, 0.1) is 12.3 Å². The quantitative estimate of drug-likeness (QED) is 0.281. The van der Waals surface area contributed by atoms with E-state index < -0.39 is 0 Å². The molecule has 0 aliphatic rings. The Labute approximate surface area is 128 Å². The fraction of sp³-hybridized carbons (Fsp3) is 0.750. The van der Waals surface area contributed by atoms with Crippen molar-refractivity contribution < 1.29 is 4.74 Å². The summed E-state index contributed by atoms with van der Waals surface area (Å²) >= 11 is 0. The standard InChI is InChI=1S/C12H24N4O.HI/c1-5-7-14-12(13-6-2)15-8-9-16(3)10-11-17-4;/h1H,6-11H2,2-4H3,(H2,13,14,15);1H. The van der Waals surface area contributed by atoms with Crippen LogP contribution >= 0.6 is 24.0 Å². The van der Waals surface area contributed by atoms with Crippen molar-refractivity contribution in [1.29, 1.82) is 0 Å². The zero-order valence-corrected chi connectivity index (χ0v) is 13.9. The minimum Gasteiger partial charge on any atom is -0.383 e. The maximum atomic E-state index is 5.19. The number of hydrogen-bond acceptors (Lipinski definition) is 3. The molecular weight excluding hydrogens is 343 g/mol.